The van der Waals surface area contributed by atoms with E-state index >= 15 is 0 Å². The Balaban J connectivity index is 1.83. The predicted molar refractivity (Wildman–Crippen MR) is 97.1 cm³/mol. The molecule has 2 aliphatic rings. The smallest absolute Gasteiger partial charge is 0.269 e. The molecule has 0 saturated heterocycles. The first kappa shape index (κ1) is 16.4. The number of rotatable bonds is 2. The standard InChI is InChI=1S/C19H17N3O4/c1-12-8-14-10-18-15(11-25-6-7-26-18)9-17(14)19(21-20-12)13-2-4-16(5-3-13)22(23)24/h2-5,9-10H,6-8,11H2,1H3. The molecule has 0 radical (unpaired) electrons. The van der Waals surface area contributed by atoms with Crippen LogP contribution in [0.1, 0.15) is 29.2 Å². The average Bonchev–Trinajstić information content (AvgIpc) is 2.95. The Labute approximate surface area is 150 Å². The Bertz CT molecular complexity index is 933. The summed E-state index contributed by atoms with van der Waals surface area (Å²) in [6, 6.07) is 10.4. The van der Waals surface area contributed by atoms with Crippen LogP contribution in [0.25, 0.3) is 0 Å². The van der Waals surface area contributed by atoms with E-state index in [9.17, 15) is 10.1 Å². The molecule has 2 aromatic carbocycles. The Kier molecular flexibility index (Phi) is 4.22. The van der Waals surface area contributed by atoms with E-state index < -0.39 is 4.92 Å². The molecule has 26 heavy (non-hydrogen) atoms. The highest BCUT2D eigenvalue weighted by Gasteiger charge is 2.21. The molecule has 0 amide bonds. The van der Waals surface area contributed by atoms with Crippen LogP contribution in [0.2, 0.25) is 0 Å². The lowest BCUT2D eigenvalue weighted by atomic mass is 9.93. The molecule has 0 bridgehead atoms. The molecule has 0 aliphatic carbocycles. The monoisotopic (exact) mass is 351 g/mol. The molecule has 0 saturated carbocycles. The predicted octanol–water partition coefficient (Wildman–Crippen LogP) is 3.27. The molecule has 4 rings (SSSR count). The summed E-state index contributed by atoms with van der Waals surface area (Å²) in [5.74, 6) is 0.832. The van der Waals surface area contributed by atoms with Gasteiger partial charge in [-0.1, -0.05) is 0 Å². The van der Waals surface area contributed by atoms with E-state index in [1.165, 1.54) is 12.1 Å². The van der Waals surface area contributed by atoms with Crippen LogP contribution in [0.15, 0.2) is 46.6 Å². The van der Waals surface area contributed by atoms with Crippen molar-refractivity contribution in [3.8, 4) is 5.75 Å². The molecule has 0 spiro atoms. The van der Waals surface area contributed by atoms with Gasteiger partial charge in [-0.05, 0) is 36.8 Å². The van der Waals surface area contributed by atoms with E-state index in [2.05, 4.69) is 10.2 Å². The lowest BCUT2D eigenvalue weighted by molar-refractivity contribution is -0.384. The first-order chi connectivity index (χ1) is 12.6. The van der Waals surface area contributed by atoms with Gasteiger partial charge in [0.25, 0.3) is 5.69 Å². The molecule has 7 nitrogen and oxygen atoms in total. The largest absolute Gasteiger partial charge is 0.491 e. The molecule has 2 aliphatic heterocycles. The van der Waals surface area contributed by atoms with Crippen LogP contribution in [0.3, 0.4) is 0 Å². The fourth-order valence-corrected chi connectivity index (χ4v) is 3.13. The van der Waals surface area contributed by atoms with E-state index in [0.717, 1.165) is 33.7 Å². The first-order valence-corrected chi connectivity index (χ1v) is 8.34. The number of non-ortho nitro benzene ring substituents is 1. The van der Waals surface area contributed by atoms with Crippen molar-refractivity contribution in [2.45, 2.75) is 20.0 Å². The van der Waals surface area contributed by atoms with Gasteiger partial charge in [0.2, 0.25) is 0 Å². The molecule has 2 aromatic rings. The average molecular weight is 351 g/mol. The molecular weight excluding hydrogens is 334 g/mol. The zero-order valence-corrected chi connectivity index (χ0v) is 14.3. The summed E-state index contributed by atoms with van der Waals surface area (Å²) in [6.45, 7) is 3.50. The molecule has 0 N–H and O–H groups in total. The third kappa shape index (κ3) is 3.09. The SMILES string of the molecule is CC1=NN=C(c2ccc([N+](=O)[O-])cc2)c2cc3c(cc2C1)OCCOC3. The third-order valence-electron chi connectivity index (χ3n) is 4.40. The zero-order chi connectivity index (χ0) is 18.1. The fraction of sp³-hybridized carbons (Fsp3) is 0.263. The fourth-order valence-electron chi connectivity index (χ4n) is 3.13. The number of ether oxygens (including phenoxy) is 2. The highest BCUT2D eigenvalue weighted by Crippen LogP contribution is 2.30. The minimum atomic E-state index is -0.413. The van der Waals surface area contributed by atoms with E-state index in [1.807, 2.05) is 19.1 Å². The number of hydrogen-bond donors (Lipinski definition) is 0. The van der Waals surface area contributed by atoms with E-state index in [1.54, 1.807) is 12.1 Å². The van der Waals surface area contributed by atoms with Crippen molar-refractivity contribution in [1.29, 1.82) is 0 Å². The minimum Gasteiger partial charge on any atom is -0.491 e. The second-order valence-corrected chi connectivity index (χ2v) is 6.28. The van der Waals surface area contributed by atoms with Gasteiger partial charge in [-0.2, -0.15) is 5.10 Å². The lowest BCUT2D eigenvalue weighted by Gasteiger charge is -2.14. The second-order valence-electron chi connectivity index (χ2n) is 6.28. The molecule has 0 unspecified atom stereocenters. The van der Waals surface area contributed by atoms with Crippen molar-refractivity contribution in [1.82, 2.24) is 0 Å². The van der Waals surface area contributed by atoms with E-state index in [-0.39, 0.29) is 5.69 Å². The number of nitro groups is 1. The van der Waals surface area contributed by atoms with Gasteiger partial charge < -0.3 is 9.47 Å². The van der Waals surface area contributed by atoms with Crippen molar-refractivity contribution in [2.75, 3.05) is 13.2 Å². The molecule has 7 heteroatoms. The highest BCUT2D eigenvalue weighted by atomic mass is 16.6. The number of nitrogens with zero attached hydrogens (tertiary/aromatic N) is 3. The molecule has 0 atom stereocenters. The van der Waals surface area contributed by atoms with Crippen LogP contribution in [-0.4, -0.2) is 29.6 Å². The summed E-state index contributed by atoms with van der Waals surface area (Å²) in [7, 11) is 0. The minimum absolute atomic E-state index is 0.0478. The molecule has 2 heterocycles. The van der Waals surface area contributed by atoms with Crippen molar-refractivity contribution < 1.29 is 14.4 Å². The maximum atomic E-state index is 10.9. The van der Waals surface area contributed by atoms with Gasteiger partial charge >= 0.3 is 0 Å². The highest BCUT2D eigenvalue weighted by molar-refractivity contribution is 6.15. The summed E-state index contributed by atoms with van der Waals surface area (Å²) in [4.78, 5) is 10.5. The molecule has 0 aromatic heterocycles. The second kappa shape index (κ2) is 6.68. The van der Waals surface area contributed by atoms with Crippen molar-refractivity contribution in [3.05, 3.63) is 68.8 Å². The van der Waals surface area contributed by atoms with Gasteiger partial charge in [-0.3, -0.25) is 10.1 Å². The van der Waals surface area contributed by atoms with E-state index in [0.29, 0.717) is 32.0 Å². The van der Waals surface area contributed by atoms with Crippen LogP contribution >= 0.6 is 0 Å². The van der Waals surface area contributed by atoms with Crippen LogP contribution in [0.4, 0.5) is 5.69 Å². The normalized spacial score (nSPS) is 16.2. The van der Waals surface area contributed by atoms with Crippen molar-refractivity contribution >= 4 is 17.1 Å². The van der Waals surface area contributed by atoms with Gasteiger partial charge in [-0.25, -0.2) is 0 Å². The Morgan fingerprint density at radius 3 is 2.65 bits per heavy atom. The number of hydrogen-bond acceptors (Lipinski definition) is 6. The topological polar surface area (TPSA) is 86.3 Å². The number of fused-ring (bicyclic) bond motifs is 2. The lowest BCUT2D eigenvalue weighted by Crippen LogP contribution is -2.09. The quantitative estimate of drug-likeness (QED) is 0.614. The van der Waals surface area contributed by atoms with Crippen molar-refractivity contribution in [3.63, 3.8) is 0 Å². The van der Waals surface area contributed by atoms with Crippen LogP contribution in [0, 0.1) is 10.1 Å². The van der Waals surface area contributed by atoms with Crippen LogP contribution < -0.4 is 4.74 Å². The zero-order valence-electron chi connectivity index (χ0n) is 14.3. The molecule has 132 valence electrons. The Morgan fingerprint density at radius 1 is 1.08 bits per heavy atom. The van der Waals surface area contributed by atoms with Gasteiger partial charge in [0.15, 0.2) is 0 Å². The summed E-state index contributed by atoms with van der Waals surface area (Å²) >= 11 is 0. The summed E-state index contributed by atoms with van der Waals surface area (Å²) in [5, 5.41) is 19.6. The van der Waals surface area contributed by atoms with Gasteiger partial charge in [-0.15, -0.1) is 5.10 Å². The third-order valence-corrected chi connectivity index (χ3v) is 4.40. The van der Waals surface area contributed by atoms with Gasteiger partial charge in [0.05, 0.1) is 18.1 Å². The molecular formula is C19H17N3O4. The first-order valence-electron chi connectivity index (χ1n) is 8.34. The summed E-state index contributed by atoms with van der Waals surface area (Å²) in [6.07, 6.45) is 0.673. The van der Waals surface area contributed by atoms with Crippen molar-refractivity contribution in [2.24, 2.45) is 10.2 Å². The van der Waals surface area contributed by atoms with Crippen LogP contribution in [-0.2, 0) is 17.8 Å². The Hall–Kier alpha value is -3.06. The number of nitro benzene ring substituents is 1. The maximum absolute atomic E-state index is 10.9. The molecule has 0 fully saturated rings. The summed E-state index contributed by atoms with van der Waals surface area (Å²) < 4.78 is 11.4. The Morgan fingerprint density at radius 2 is 1.88 bits per heavy atom. The summed E-state index contributed by atoms with van der Waals surface area (Å²) in [5.41, 5.74) is 5.41. The van der Waals surface area contributed by atoms with Crippen LogP contribution in [0.5, 0.6) is 5.75 Å². The maximum Gasteiger partial charge on any atom is 0.269 e. The number of benzene rings is 2. The van der Waals surface area contributed by atoms with E-state index in [4.69, 9.17) is 9.47 Å². The van der Waals surface area contributed by atoms with Gasteiger partial charge in [0.1, 0.15) is 18.1 Å². The van der Waals surface area contributed by atoms with Gasteiger partial charge in [0, 0.05) is 41.0 Å².